The third-order valence-electron chi connectivity index (χ3n) is 3.75. The number of rotatable bonds is 17. The highest BCUT2D eigenvalue weighted by atomic mass is 31.1. The van der Waals surface area contributed by atoms with Crippen molar-refractivity contribution in [2.45, 2.75) is 45.4 Å². The monoisotopic (exact) mass is 470 g/mol. The van der Waals surface area contributed by atoms with Crippen LogP contribution in [0.5, 0.6) is 0 Å². The first kappa shape index (κ1) is 30.4. The van der Waals surface area contributed by atoms with Gasteiger partial charge >= 0.3 is 29.8 Å². The lowest BCUT2D eigenvalue weighted by molar-refractivity contribution is -0.137. The molecule has 0 aliphatic carbocycles. The van der Waals surface area contributed by atoms with Crippen LogP contribution in [0.25, 0.3) is 0 Å². The number of hydrogen-bond acceptors (Lipinski definition) is 5. The molecule has 0 aliphatic heterocycles. The van der Waals surface area contributed by atoms with Gasteiger partial charge in [-0.25, -0.2) is 0 Å². The highest BCUT2D eigenvalue weighted by Gasteiger charge is 2.14. The molecule has 30 heavy (non-hydrogen) atoms. The van der Waals surface area contributed by atoms with Crippen LogP contribution in [0.1, 0.15) is 45.4 Å². The van der Waals surface area contributed by atoms with Gasteiger partial charge in [-0.05, 0) is 37.0 Å². The normalized spacial score (nSPS) is 10.4. The van der Waals surface area contributed by atoms with E-state index in [1.807, 2.05) is 6.92 Å². The van der Waals surface area contributed by atoms with Crippen LogP contribution in [0.3, 0.4) is 0 Å². The Balaban J connectivity index is 0. The summed E-state index contributed by atoms with van der Waals surface area (Å²) in [7, 11) is -1.19. The van der Waals surface area contributed by atoms with Gasteiger partial charge < -0.3 is 25.5 Å². The predicted molar refractivity (Wildman–Crippen MR) is 115 cm³/mol. The maximum atomic E-state index is 10.4. The minimum absolute atomic E-state index is 0.0229. The Bertz CT molecular complexity index is 492. The van der Waals surface area contributed by atoms with Crippen LogP contribution in [0.15, 0.2) is 0 Å². The molecule has 0 bridgehead atoms. The van der Waals surface area contributed by atoms with Gasteiger partial charge in [0.2, 0.25) is 0 Å². The topological polar surface area (TPSA) is 186 Å². The van der Waals surface area contributed by atoms with E-state index in [2.05, 4.69) is 0 Å². The molecule has 0 fully saturated rings. The van der Waals surface area contributed by atoms with E-state index >= 15 is 0 Å². The standard InChI is InChI=1S/C9H15O6P.C9H17O4P/c10-7(11)1-4-16(5-2-8(12)13)6-3-9(14)15;1-2-5-14(6-3-8(10)11)7-4-9(12)13/h1-6H2,(H,10,11)(H,12,13)(H,14,15);2-7H2,1H3,(H,10,11)(H,12,13). The molecule has 0 aromatic heterocycles. The molecule has 0 aromatic rings. The summed E-state index contributed by atoms with van der Waals surface area (Å²) in [5.74, 6) is -4.37. The van der Waals surface area contributed by atoms with E-state index in [0.29, 0.717) is 30.8 Å². The molecule has 5 N–H and O–H groups in total. The van der Waals surface area contributed by atoms with E-state index in [1.54, 1.807) is 0 Å². The van der Waals surface area contributed by atoms with Crippen molar-refractivity contribution >= 4 is 45.7 Å². The highest BCUT2D eigenvalue weighted by molar-refractivity contribution is 7.58. The zero-order valence-corrected chi connectivity index (χ0v) is 18.9. The van der Waals surface area contributed by atoms with E-state index in [1.165, 1.54) is 0 Å². The lowest BCUT2D eigenvalue weighted by Crippen LogP contribution is -2.07. The molecule has 0 aliphatic rings. The average Bonchev–Trinajstić information content (AvgIpc) is 2.63. The first-order valence-electron chi connectivity index (χ1n) is 9.51. The number of carbonyl (C=O) groups is 5. The molecule has 174 valence electrons. The third kappa shape index (κ3) is 24.2. The van der Waals surface area contributed by atoms with Crippen molar-refractivity contribution in [2.75, 3.05) is 37.0 Å². The maximum absolute atomic E-state index is 10.4. The quantitative estimate of drug-likeness (QED) is 0.198. The minimum atomic E-state index is -0.932. The van der Waals surface area contributed by atoms with Crippen molar-refractivity contribution in [3.05, 3.63) is 0 Å². The number of aliphatic carboxylic acids is 5. The Kier molecular flexibility index (Phi) is 19.4. The summed E-state index contributed by atoms with van der Waals surface area (Å²) in [5, 5.41) is 42.5. The minimum Gasteiger partial charge on any atom is -0.481 e. The molecule has 10 nitrogen and oxygen atoms in total. The van der Waals surface area contributed by atoms with Gasteiger partial charge in [0, 0.05) is 32.1 Å². The molecule has 0 saturated carbocycles. The Morgan fingerprint density at radius 1 is 0.467 bits per heavy atom. The van der Waals surface area contributed by atoms with Crippen molar-refractivity contribution in [2.24, 2.45) is 0 Å². The van der Waals surface area contributed by atoms with Crippen molar-refractivity contribution in [1.82, 2.24) is 0 Å². The number of carboxylic acids is 5. The summed E-state index contributed by atoms with van der Waals surface area (Å²) in [6, 6.07) is 0. The molecule has 0 radical (unpaired) electrons. The molecule has 0 rings (SSSR count). The fourth-order valence-electron chi connectivity index (χ4n) is 2.26. The van der Waals surface area contributed by atoms with Crippen molar-refractivity contribution in [1.29, 1.82) is 0 Å². The molecule has 0 heterocycles. The van der Waals surface area contributed by atoms with Crippen LogP contribution in [-0.2, 0) is 24.0 Å². The second-order valence-corrected chi connectivity index (χ2v) is 11.8. The van der Waals surface area contributed by atoms with Gasteiger partial charge in [0.25, 0.3) is 0 Å². The van der Waals surface area contributed by atoms with Gasteiger partial charge in [-0.15, -0.1) is 15.8 Å². The fraction of sp³-hybridized carbons (Fsp3) is 0.722. The van der Waals surface area contributed by atoms with Crippen molar-refractivity contribution in [3.8, 4) is 0 Å². The third-order valence-corrected chi connectivity index (χ3v) is 9.11. The Labute approximate surface area is 178 Å². The van der Waals surface area contributed by atoms with E-state index < -0.39 is 37.8 Å². The molecule has 0 amide bonds. The van der Waals surface area contributed by atoms with Gasteiger partial charge in [-0.1, -0.05) is 13.3 Å². The van der Waals surface area contributed by atoms with E-state index in [9.17, 15) is 24.0 Å². The zero-order valence-electron chi connectivity index (χ0n) is 17.2. The summed E-state index contributed by atoms with van der Waals surface area (Å²) in [6.45, 7) is 2.04. The Morgan fingerprint density at radius 3 is 0.833 bits per heavy atom. The predicted octanol–water partition coefficient (Wildman–Crippen LogP) is 2.72. The summed E-state index contributed by atoms with van der Waals surface area (Å²) in [6.07, 6.45) is 4.76. The first-order chi connectivity index (χ1) is 14.0. The van der Waals surface area contributed by atoms with Crippen LogP contribution in [0.2, 0.25) is 0 Å². The van der Waals surface area contributed by atoms with E-state index in [-0.39, 0.29) is 40.0 Å². The maximum Gasteiger partial charge on any atom is 0.303 e. The largest absolute Gasteiger partial charge is 0.481 e. The van der Waals surface area contributed by atoms with Crippen LogP contribution >= 0.6 is 15.8 Å². The summed E-state index contributed by atoms with van der Waals surface area (Å²) < 4.78 is 0. The molecule has 12 heteroatoms. The van der Waals surface area contributed by atoms with Crippen LogP contribution in [-0.4, -0.2) is 92.4 Å². The molecular weight excluding hydrogens is 438 g/mol. The van der Waals surface area contributed by atoms with E-state index in [4.69, 9.17) is 25.5 Å². The van der Waals surface area contributed by atoms with Crippen molar-refractivity contribution < 1.29 is 49.5 Å². The van der Waals surface area contributed by atoms with Crippen LogP contribution < -0.4 is 0 Å². The lowest BCUT2D eigenvalue weighted by Gasteiger charge is -2.14. The van der Waals surface area contributed by atoms with Gasteiger partial charge in [0.05, 0.1) is 0 Å². The van der Waals surface area contributed by atoms with Gasteiger partial charge in [-0.2, -0.15) is 0 Å². The first-order valence-corrected chi connectivity index (χ1v) is 13.3. The highest BCUT2D eigenvalue weighted by Crippen LogP contribution is 2.38. The van der Waals surface area contributed by atoms with Crippen LogP contribution in [0, 0.1) is 0 Å². The smallest absolute Gasteiger partial charge is 0.303 e. The SMILES string of the molecule is CCCP(CCC(=O)O)CCC(=O)O.O=C(O)CCP(CCC(=O)O)CCC(=O)O. The fourth-order valence-corrected chi connectivity index (χ4v) is 6.77. The zero-order chi connectivity index (χ0) is 23.5. The molecule has 0 spiro atoms. The molecule has 0 aromatic carbocycles. The number of carboxylic acid groups (broad SMARTS) is 5. The summed E-state index contributed by atoms with van der Waals surface area (Å²) >= 11 is 0. The Morgan fingerprint density at radius 2 is 0.667 bits per heavy atom. The number of hydrogen-bond donors (Lipinski definition) is 5. The van der Waals surface area contributed by atoms with Gasteiger partial charge in [-0.3, -0.25) is 24.0 Å². The lowest BCUT2D eigenvalue weighted by atomic mass is 10.5. The summed E-state index contributed by atoms with van der Waals surface area (Å²) in [5.41, 5.74) is 0. The van der Waals surface area contributed by atoms with Gasteiger partial charge in [0.1, 0.15) is 0 Å². The second kappa shape index (κ2) is 19.2. The molecule has 0 saturated heterocycles. The summed E-state index contributed by atoms with van der Waals surface area (Å²) in [4.78, 5) is 51.8. The Hall–Kier alpha value is -1.79. The molecular formula is C18H32O10P2. The molecule has 0 atom stereocenters. The van der Waals surface area contributed by atoms with E-state index in [0.717, 1.165) is 12.6 Å². The van der Waals surface area contributed by atoms with Gasteiger partial charge in [0.15, 0.2) is 0 Å². The van der Waals surface area contributed by atoms with Crippen LogP contribution in [0.4, 0.5) is 0 Å². The van der Waals surface area contributed by atoms with Crippen molar-refractivity contribution in [3.63, 3.8) is 0 Å². The second-order valence-electron chi connectivity index (χ2n) is 6.40. The average molecular weight is 470 g/mol. The molecule has 0 unspecified atom stereocenters.